The molecule has 7 heteroatoms. The van der Waals surface area contributed by atoms with E-state index in [2.05, 4.69) is 26.1 Å². The molecular weight excluding hydrogens is 232 g/mol. The normalized spacial score (nSPS) is 10.6. The second-order valence-corrected chi connectivity index (χ2v) is 3.89. The lowest BCUT2D eigenvalue weighted by atomic mass is 10.4. The van der Waals surface area contributed by atoms with Gasteiger partial charge in [0.2, 0.25) is 0 Å². The molecule has 0 saturated carbocycles. The maximum Gasteiger partial charge on any atom is 0.176 e. The molecule has 0 amide bonds. The average molecular weight is 248 g/mol. The van der Waals surface area contributed by atoms with Crippen molar-refractivity contribution in [2.75, 3.05) is 18.6 Å². The van der Waals surface area contributed by atoms with E-state index in [0.717, 1.165) is 11.4 Å². The van der Waals surface area contributed by atoms with Crippen molar-refractivity contribution in [1.82, 2.24) is 25.4 Å². The fraction of sp³-hybridized carbons (Fsp3) is 0.364. The molecule has 18 heavy (non-hydrogen) atoms. The summed E-state index contributed by atoms with van der Waals surface area (Å²) in [6.45, 7) is 4.41. The minimum absolute atomic E-state index is 0.0598. The Labute approximate surface area is 105 Å². The van der Waals surface area contributed by atoms with Crippen LogP contribution in [0.1, 0.15) is 11.4 Å². The molecule has 0 bridgehead atoms. The first-order valence-electron chi connectivity index (χ1n) is 5.68. The zero-order valence-corrected chi connectivity index (χ0v) is 10.4. The lowest BCUT2D eigenvalue weighted by Crippen LogP contribution is -2.25. The van der Waals surface area contributed by atoms with E-state index >= 15 is 0 Å². The molecule has 0 saturated heterocycles. The molecule has 0 aromatic carbocycles. The fourth-order valence-electron chi connectivity index (χ4n) is 1.57. The number of rotatable bonds is 5. The lowest BCUT2D eigenvalue weighted by molar-refractivity contribution is 0.296. The number of aryl methyl sites for hydroxylation is 2. The Hall–Kier alpha value is -1.99. The Morgan fingerprint density at radius 2 is 2.11 bits per heavy atom. The summed E-state index contributed by atoms with van der Waals surface area (Å²) in [5.74, 6) is 1.27. The van der Waals surface area contributed by atoms with Gasteiger partial charge >= 0.3 is 0 Å². The van der Waals surface area contributed by atoms with Crippen molar-refractivity contribution in [1.29, 1.82) is 0 Å². The number of anilines is 1. The van der Waals surface area contributed by atoms with Crippen LogP contribution in [0.5, 0.6) is 0 Å². The van der Waals surface area contributed by atoms with Crippen LogP contribution < -0.4 is 10.9 Å². The van der Waals surface area contributed by atoms with Gasteiger partial charge in [0, 0.05) is 12.2 Å². The number of aromatic nitrogens is 4. The van der Waals surface area contributed by atoms with Crippen LogP contribution in [0.15, 0.2) is 18.2 Å². The monoisotopic (exact) mass is 248 g/mol. The van der Waals surface area contributed by atoms with Gasteiger partial charge in [-0.05, 0) is 32.0 Å². The smallest absolute Gasteiger partial charge is 0.176 e. The number of nitrogens with zero attached hydrogens (tertiary/aromatic N) is 4. The van der Waals surface area contributed by atoms with Crippen LogP contribution in [0.3, 0.4) is 0 Å². The summed E-state index contributed by atoms with van der Waals surface area (Å²) in [6.07, 6.45) is 0. The van der Waals surface area contributed by atoms with Crippen molar-refractivity contribution in [3.05, 3.63) is 29.6 Å². The van der Waals surface area contributed by atoms with Gasteiger partial charge in [-0.1, -0.05) is 0 Å². The van der Waals surface area contributed by atoms with Crippen molar-refractivity contribution in [3.63, 3.8) is 0 Å². The number of nitrogens with one attached hydrogen (secondary N) is 2. The number of hydrogen-bond donors (Lipinski definition) is 3. The van der Waals surface area contributed by atoms with E-state index < -0.39 is 0 Å². The molecule has 2 aromatic rings. The summed E-state index contributed by atoms with van der Waals surface area (Å²) in [6, 6.07) is 5.61. The second-order valence-electron chi connectivity index (χ2n) is 3.89. The van der Waals surface area contributed by atoms with Crippen LogP contribution in [0.2, 0.25) is 0 Å². The number of hydrazine groups is 1. The third kappa shape index (κ3) is 2.82. The van der Waals surface area contributed by atoms with Crippen molar-refractivity contribution in [2.24, 2.45) is 0 Å². The van der Waals surface area contributed by atoms with Gasteiger partial charge in [0.15, 0.2) is 11.6 Å². The fourth-order valence-corrected chi connectivity index (χ4v) is 1.57. The predicted molar refractivity (Wildman–Crippen MR) is 67.3 cm³/mol. The maximum absolute atomic E-state index is 8.62. The first-order chi connectivity index (χ1) is 8.70. The van der Waals surface area contributed by atoms with Gasteiger partial charge < -0.3 is 10.5 Å². The second kappa shape index (κ2) is 5.56. The molecule has 7 nitrogen and oxygen atoms in total. The van der Waals surface area contributed by atoms with Crippen LogP contribution >= 0.6 is 0 Å². The predicted octanol–water partition coefficient (Wildman–Crippen LogP) is 0.188. The Kier molecular flexibility index (Phi) is 3.85. The summed E-state index contributed by atoms with van der Waals surface area (Å²) in [4.78, 5) is 0. The van der Waals surface area contributed by atoms with Gasteiger partial charge in [-0.25, -0.2) is 10.1 Å². The Morgan fingerprint density at radius 3 is 2.67 bits per heavy atom. The molecule has 0 atom stereocenters. The molecule has 0 aliphatic carbocycles. The largest absolute Gasteiger partial charge is 0.395 e. The standard InChI is InChI=1S/C11H16N6O/c1-8-7-9(2)17(16-8)11-4-3-10(14-15-11)13-12-5-6-18/h3-4,7,12,18H,5-6H2,1-2H3,(H,13,14). The molecular formula is C11H16N6O. The van der Waals surface area contributed by atoms with E-state index in [1.165, 1.54) is 0 Å². The van der Waals surface area contributed by atoms with E-state index in [0.29, 0.717) is 18.2 Å². The summed E-state index contributed by atoms with van der Waals surface area (Å²) < 4.78 is 1.74. The van der Waals surface area contributed by atoms with E-state index in [9.17, 15) is 0 Å². The number of aliphatic hydroxyl groups excluding tert-OH is 1. The maximum atomic E-state index is 8.62. The van der Waals surface area contributed by atoms with Crippen LogP contribution in [0, 0.1) is 13.8 Å². The molecule has 0 radical (unpaired) electrons. The van der Waals surface area contributed by atoms with E-state index in [-0.39, 0.29) is 6.61 Å². The summed E-state index contributed by atoms with van der Waals surface area (Å²) in [7, 11) is 0. The van der Waals surface area contributed by atoms with Gasteiger partial charge in [-0.15, -0.1) is 10.2 Å². The van der Waals surface area contributed by atoms with Crippen LogP contribution in [-0.4, -0.2) is 38.2 Å². The zero-order valence-electron chi connectivity index (χ0n) is 10.4. The molecule has 0 spiro atoms. The van der Waals surface area contributed by atoms with Gasteiger partial charge in [0.25, 0.3) is 0 Å². The number of hydrogen-bond acceptors (Lipinski definition) is 6. The summed E-state index contributed by atoms with van der Waals surface area (Å²) in [5, 5.41) is 21.0. The lowest BCUT2D eigenvalue weighted by Gasteiger charge is -2.06. The molecule has 0 fully saturated rings. The third-order valence-corrected chi connectivity index (χ3v) is 2.33. The molecule has 96 valence electrons. The Bertz CT molecular complexity index is 507. The third-order valence-electron chi connectivity index (χ3n) is 2.33. The number of aliphatic hydroxyl groups is 1. The van der Waals surface area contributed by atoms with Gasteiger partial charge in [0.1, 0.15) is 0 Å². The van der Waals surface area contributed by atoms with Crippen molar-refractivity contribution in [2.45, 2.75) is 13.8 Å². The summed E-state index contributed by atoms with van der Waals surface area (Å²) in [5.41, 5.74) is 7.59. The van der Waals surface area contributed by atoms with E-state index in [1.807, 2.05) is 26.0 Å². The molecule has 0 unspecified atom stereocenters. The summed E-state index contributed by atoms with van der Waals surface area (Å²) >= 11 is 0. The van der Waals surface area contributed by atoms with Gasteiger partial charge in [0.05, 0.1) is 12.3 Å². The van der Waals surface area contributed by atoms with Crippen molar-refractivity contribution >= 4 is 5.82 Å². The highest BCUT2D eigenvalue weighted by atomic mass is 16.3. The topological polar surface area (TPSA) is 87.9 Å². The van der Waals surface area contributed by atoms with Crippen molar-refractivity contribution in [3.8, 4) is 5.82 Å². The van der Waals surface area contributed by atoms with E-state index in [1.54, 1.807) is 10.7 Å². The zero-order chi connectivity index (χ0) is 13.0. The van der Waals surface area contributed by atoms with Crippen LogP contribution in [0.25, 0.3) is 5.82 Å². The Balaban J connectivity index is 2.10. The molecule has 2 heterocycles. The van der Waals surface area contributed by atoms with Crippen molar-refractivity contribution < 1.29 is 5.11 Å². The quantitative estimate of drug-likeness (QED) is 0.517. The average Bonchev–Trinajstić information content (AvgIpc) is 2.70. The minimum Gasteiger partial charge on any atom is -0.395 e. The van der Waals surface area contributed by atoms with Crippen LogP contribution in [-0.2, 0) is 0 Å². The van der Waals surface area contributed by atoms with E-state index in [4.69, 9.17) is 5.11 Å². The van der Waals surface area contributed by atoms with Crippen LogP contribution in [0.4, 0.5) is 5.82 Å². The molecule has 0 aliphatic rings. The minimum atomic E-state index is 0.0598. The highest BCUT2D eigenvalue weighted by Gasteiger charge is 2.05. The molecule has 0 aliphatic heterocycles. The highest BCUT2D eigenvalue weighted by molar-refractivity contribution is 5.35. The highest BCUT2D eigenvalue weighted by Crippen LogP contribution is 2.09. The molecule has 2 aromatic heterocycles. The first-order valence-corrected chi connectivity index (χ1v) is 5.68. The SMILES string of the molecule is Cc1cc(C)n(-c2ccc(NNCCO)nn2)n1. The first kappa shape index (κ1) is 12.5. The molecule has 2 rings (SSSR count). The molecule has 3 N–H and O–H groups in total. The van der Waals surface area contributed by atoms with Gasteiger partial charge in [-0.3, -0.25) is 0 Å². The van der Waals surface area contributed by atoms with Gasteiger partial charge in [-0.2, -0.15) is 5.10 Å². The Morgan fingerprint density at radius 1 is 1.28 bits per heavy atom.